The van der Waals surface area contributed by atoms with E-state index in [-0.39, 0.29) is 5.91 Å². The molecule has 1 fully saturated rings. The van der Waals surface area contributed by atoms with E-state index >= 15 is 0 Å². The number of carbonyl (C=O) groups excluding carboxylic acids is 1. The number of hydrogen-bond acceptors (Lipinski definition) is 3. The Morgan fingerprint density at radius 1 is 1.35 bits per heavy atom. The van der Waals surface area contributed by atoms with E-state index in [0.717, 1.165) is 5.56 Å². The molecular formula is C13H16N2O2. The molecule has 1 saturated heterocycles. The lowest BCUT2D eigenvalue weighted by Gasteiger charge is -2.18. The van der Waals surface area contributed by atoms with E-state index in [2.05, 4.69) is 5.16 Å². The summed E-state index contributed by atoms with van der Waals surface area (Å²) in [6.45, 7) is 4.53. The van der Waals surface area contributed by atoms with Crippen molar-refractivity contribution >= 4 is 11.6 Å². The zero-order valence-electron chi connectivity index (χ0n) is 10.1. The summed E-state index contributed by atoms with van der Waals surface area (Å²) in [4.78, 5) is 13.8. The van der Waals surface area contributed by atoms with Crippen LogP contribution < -0.4 is 0 Å². The molecule has 1 aliphatic rings. The molecule has 2 rings (SSSR count). The summed E-state index contributed by atoms with van der Waals surface area (Å²) in [6.07, 6.45) is 0. The lowest BCUT2D eigenvalue weighted by atomic mass is 9.90. The van der Waals surface area contributed by atoms with E-state index in [0.29, 0.717) is 18.8 Å². The van der Waals surface area contributed by atoms with Crippen LogP contribution in [0.3, 0.4) is 0 Å². The van der Waals surface area contributed by atoms with Gasteiger partial charge in [-0.25, -0.2) is 0 Å². The van der Waals surface area contributed by atoms with Crippen molar-refractivity contribution in [2.45, 2.75) is 20.4 Å². The number of nitrogens with zero attached hydrogens (tertiary/aromatic N) is 2. The predicted octanol–water partition coefficient (Wildman–Crippen LogP) is 1.89. The number of carbonyl (C=O) groups is 1. The monoisotopic (exact) mass is 232 g/mol. The highest BCUT2D eigenvalue weighted by atomic mass is 16.4. The van der Waals surface area contributed by atoms with Gasteiger partial charge in [-0.3, -0.25) is 4.79 Å². The summed E-state index contributed by atoms with van der Waals surface area (Å²) in [5.41, 5.74) is 0.915. The van der Waals surface area contributed by atoms with Crippen molar-refractivity contribution < 1.29 is 10.0 Å². The van der Waals surface area contributed by atoms with Gasteiger partial charge in [0.25, 0.3) is 0 Å². The number of oxime groups is 1. The molecule has 1 aliphatic heterocycles. The van der Waals surface area contributed by atoms with Crippen LogP contribution in [0.2, 0.25) is 0 Å². The summed E-state index contributed by atoms with van der Waals surface area (Å²) in [6, 6.07) is 9.80. The zero-order valence-corrected chi connectivity index (χ0v) is 10.1. The highest BCUT2D eigenvalue weighted by molar-refractivity contribution is 6.14. The standard InChI is InChI=1S/C13H16N2O2/c1-13(2)11(14-17)9-15(12(13)16)8-10-6-4-3-5-7-10/h3-7,17H,8-9H2,1-2H3. The Kier molecular flexibility index (Phi) is 2.88. The second kappa shape index (κ2) is 4.20. The molecule has 1 aromatic carbocycles. The van der Waals surface area contributed by atoms with Gasteiger partial charge in [0, 0.05) is 6.54 Å². The molecule has 0 aromatic heterocycles. The maximum atomic E-state index is 12.1. The topological polar surface area (TPSA) is 52.9 Å². The summed E-state index contributed by atoms with van der Waals surface area (Å²) in [7, 11) is 0. The second-order valence-corrected chi connectivity index (χ2v) is 4.82. The number of hydrogen-bond donors (Lipinski definition) is 1. The number of rotatable bonds is 2. The van der Waals surface area contributed by atoms with E-state index in [1.54, 1.807) is 18.7 Å². The molecule has 0 spiro atoms. The summed E-state index contributed by atoms with van der Waals surface area (Å²) < 4.78 is 0. The zero-order chi connectivity index (χ0) is 12.5. The van der Waals surface area contributed by atoms with Crippen LogP contribution in [-0.4, -0.2) is 28.3 Å². The van der Waals surface area contributed by atoms with E-state index in [1.807, 2.05) is 30.3 Å². The molecule has 0 bridgehead atoms. The first kappa shape index (κ1) is 11.6. The fourth-order valence-corrected chi connectivity index (χ4v) is 2.06. The van der Waals surface area contributed by atoms with Crippen molar-refractivity contribution in [3.8, 4) is 0 Å². The van der Waals surface area contributed by atoms with Crippen LogP contribution in [0.5, 0.6) is 0 Å². The van der Waals surface area contributed by atoms with Crippen LogP contribution >= 0.6 is 0 Å². The van der Waals surface area contributed by atoms with Crippen molar-refractivity contribution in [2.75, 3.05) is 6.54 Å². The van der Waals surface area contributed by atoms with E-state index < -0.39 is 5.41 Å². The van der Waals surface area contributed by atoms with Gasteiger partial charge in [0.05, 0.1) is 17.7 Å². The van der Waals surface area contributed by atoms with Crippen LogP contribution in [0.1, 0.15) is 19.4 Å². The molecule has 1 N–H and O–H groups in total. The minimum absolute atomic E-state index is 0.00848. The molecule has 4 nitrogen and oxygen atoms in total. The van der Waals surface area contributed by atoms with E-state index in [4.69, 9.17) is 5.21 Å². The number of likely N-dealkylation sites (tertiary alicyclic amines) is 1. The Bertz CT molecular complexity index is 452. The third-order valence-corrected chi connectivity index (χ3v) is 3.22. The first-order valence-corrected chi connectivity index (χ1v) is 5.60. The van der Waals surface area contributed by atoms with Crippen molar-refractivity contribution in [2.24, 2.45) is 10.6 Å². The highest BCUT2D eigenvalue weighted by Crippen LogP contribution is 2.29. The molecule has 1 aromatic rings. The molecule has 1 amide bonds. The fourth-order valence-electron chi connectivity index (χ4n) is 2.06. The molecule has 0 radical (unpaired) electrons. The number of amides is 1. The molecule has 0 saturated carbocycles. The summed E-state index contributed by atoms with van der Waals surface area (Å²) >= 11 is 0. The van der Waals surface area contributed by atoms with Crippen molar-refractivity contribution in [3.05, 3.63) is 35.9 Å². The summed E-state index contributed by atoms with van der Waals surface area (Å²) in [5.74, 6) is 0.00848. The van der Waals surface area contributed by atoms with Crippen LogP contribution in [0.4, 0.5) is 0 Å². The van der Waals surface area contributed by atoms with Crippen LogP contribution in [0.25, 0.3) is 0 Å². The van der Waals surface area contributed by atoms with Crippen LogP contribution in [-0.2, 0) is 11.3 Å². The molecule has 0 atom stereocenters. The van der Waals surface area contributed by atoms with Gasteiger partial charge in [0.15, 0.2) is 0 Å². The quantitative estimate of drug-likeness (QED) is 0.625. The van der Waals surface area contributed by atoms with E-state index in [1.165, 1.54) is 0 Å². The minimum atomic E-state index is -0.691. The van der Waals surface area contributed by atoms with Crippen LogP contribution in [0, 0.1) is 5.41 Å². The Balaban J connectivity index is 2.18. The predicted molar refractivity (Wildman–Crippen MR) is 64.9 cm³/mol. The second-order valence-electron chi connectivity index (χ2n) is 4.82. The first-order valence-electron chi connectivity index (χ1n) is 5.60. The van der Waals surface area contributed by atoms with Gasteiger partial charge in [-0.1, -0.05) is 35.5 Å². The maximum Gasteiger partial charge on any atom is 0.234 e. The SMILES string of the molecule is CC1(C)C(=O)N(Cc2ccccc2)CC1=NO. The van der Waals surface area contributed by atoms with Gasteiger partial charge in [0.1, 0.15) is 0 Å². The number of benzene rings is 1. The van der Waals surface area contributed by atoms with Gasteiger partial charge in [-0.05, 0) is 19.4 Å². The van der Waals surface area contributed by atoms with E-state index in [9.17, 15) is 4.79 Å². The van der Waals surface area contributed by atoms with Crippen molar-refractivity contribution in [1.82, 2.24) is 4.90 Å². The van der Waals surface area contributed by atoms with Crippen molar-refractivity contribution in [1.29, 1.82) is 0 Å². The maximum absolute atomic E-state index is 12.1. The molecule has 1 heterocycles. The lowest BCUT2D eigenvalue weighted by molar-refractivity contribution is -0.134. The molecule has 17 heavy (non-hydrogen) atoms. The van der Waals surface area contributed by atoms with Crippen molar-refractivity contribution in [3.63, 3.8) is 0 Å². The largest absolute Gasteiger partial charge is 0.411 e. The molecule has 90 valence electrons. The first-order chi connectivity index (χ1) is 8.05. The van der Waals surface area contributed by atoms with Crippen LogP contribution in [0.15, 0.2) is 35.5 Å². The smallest absolute Gasteiger partial charge is 0.234 e. The average molecular weight is 232 g/mol. The Hall–Kier alpha value is -1.84. The Morgan fingerprint density at radius 2 is 2.00 bits per heavy atom. The lowest BCUT2D eigenvalue weighted by Crippen LogP contribution is -2.31. The molecule has 4 heteroatoms. The van der Waals surface area contributed by atoms with Gasteiger partial charge in [-0.2, -0.15) is 0 Å². The molecule has 0 unspecified atom stereocenters. The third kappa shape index (κ3) is 2.02. The van der Waals surface area contributed by atoms with Gasteiger partial charge >= 0.3 is 0 Å². The Labute approximate surface area is 101 Å². The van der Waals surface area contributed by atoms with Gasteiger partial charge in [-0.15, -0.1) is 0 Å². The third-order valence-electron chi connectivity index (χ3n) is 3.22. The summed E-state index contributed by atoms with van der Waals surface area (Å²) in [5, 5.41) is 12.1. The Morgan fingerprint density at radius 3 is 2.53 bits per heavy atom. The van der Waals surface area contributed by atoms with Gasteiger partial charge in [0.2, 0.25) is 5.91 Å². The minimum Gasteiger partial charge on any atom is -0.411 e. The van der Waals surface area contributed by atoms with Gasteiger partial charge < -0.3 is 10.1 Å². The fraction of sp³-hybridized carbons (Fsp3) is 0.385. The average Bonchev–Trinajstić information content (AvgIpc) is 2.54. The molecular weight excluding hydrogens is 216 g/mol. The normalized spacial score (nSPS) is 21.2. The highest BCUT2D eigenvalue weighted by Gasteiger charge is 2.44. The molecule has 0 aliphatic carbocycles.